The Balaban J connectivity index is 2.64. The summed E-state index contributed by atoms with van der Waals surface area (Å²) in [5.41, 5.74) is 6.60. The molecule has 0 fully saturated rings. The Morgan fingerprint density at radius 3 is 2.44 bits per heavy atom. The maximum absolute atomic E-state index is 10.5. The Morgan fingerprint density at radius 2 is 2.00 bits per heavy atom. The van der Waals surface area contributed by atoms with Crippen molar-refractivity contribution in [1.82, 2.24) is 0 Å². The van der Waals surface area contributed by atoms with Crippen LogP contribution in [-0.4, -0.2) is 25.9 Å². The second kappa shape index (κ2) is 5.59. The number of benzene rings is 1. The SMILES string of the molecule is NC(Cc1ccc(NS(=O)O)cc1)C(=O)O. The van der Waals surface area contributed by atoms with Gasteiger partial charge in [-0.05, 0) is 24.1 Å². The van der Waals surface area contributed by atoms with Gasteiger partial charge in [-0.25, -0.2) is 4.21 Å². The van der Waals surface area contributed by atoms with Gasteiger partial charge >= 0.3 is 5.97 Å². The number of carboxylic acid groups (broad SMARTS) is 1. The molecule has 0 saturated carbocycles. The predicted molar refractivity (Wildman–Crippen MR) is 60.2 cm³/mol. The fourth-order valence-corrected chi connectivity index (χ4v) is 1.49. The maximum Gasteiger partial charge on any atom is 0.320 e. The molecular formula is C9H12N2O4S. The lowest BCUT2D eigenvalue weighted by molar-refractivity contribution is -0.138. The first kappa shape index (κ1) is 12.6. The van der Waals surface area contributed by atoms with Crippen molar-refractivity contribution in [1.29, 1.82) is 0 Å². The van der Waals surface area contributed by atoms with E-state index in [0.29, 0.717) is 5.69 Å². The van der Waals surface area contributed by atoms with Crippen molar-refractivity contribution in [3.8, 4) is 0 Å². The van der Waals surface area contributed by atoms with E-state index in [2.05, 4.69) is 4.72 Å². The Kier molecular flexibility index (Phi) is 4.41. The van der Waals surface area contributed by atoms with E-state index >= 15 is 0 Å². The average Bonchev–Trinajstić information content (AvgIpc) is 2.20. The first-order chi connectivity index (χ1) is 7.49. The van der Waals surface area contributed by atoms with E-state index in [1.165, 1.54) is 0 Å². The fraction of sp³-hybridized carbons (Fsp3) is 0.222. The van der Waals surface area contributed by atoms with Crippen LogP contribution in [0.3, 0.4) is 0 Å². The number of hydrogen-bond donors (Lipinski definition) is 4. The van der Waals surface area contributed by atoms with Crippen LogP contribution in [-0.2, 0) is 22.5 Å². The van der Waals surface area contributed by atoms with Gasteiger partial charge in [0.25, 0.3) is 11.3 Å². The number of carbonyl (C=O) groups is 1. The molecule has 7 heteroatoms. The van der Waals surface area contributed by atoms with E-state index in [1.54, 1.807) is 24.3 Å². The van der Waals surface area contributed by atoms with E-state index in [-0.39, 0.29) is 6.42 Å². The number of nitrogens with two attached hydrogens (primary N) is 1. The minimum Gasteiger partial charge on any atom is -0.480 e. The number of anilines is 1. The molecule has 6 nitrogen and oxygen atoms in total. The minimum absolute atomic E-state index is 0.220. The number of hydrogen-bond acceptors (Lipinski definition) is 3. The molecule has 0 spiro atoms. The van der Waals surface area contributed by atoms with Gasteiger partial charge in [0.1, 0.15) is 6.04 Å². The monoisotopic (exact) mass is 244 g/mol. The van der Waals surface area contributed by atoms with Crippen LogP contribution in [0.4, 0.5) is 5.69 Å². The van der Waals surface area contributed by atoms with Crippen molar-refractivity contribution >= 4 is 22.9 Å². The minimum atomic E-state index is -2.11. The Morgan fingerprint density at radius 1 is 1.44 bits per heavy atom. The number of rotatable bonds is 5. The molecular weight excluding hydrogens is 232 g/mol. The zero-order valence-corrected chi connectivity index (χ0v) is 9.11. The van der Waals surface area contributed by atoms with E-state index < -0.39 is 23.3 Å². The second-order valence-electron chi connectivity index (χ2n) is 3.20. The smallest absolute Gasteiger partial charge is 0.320 e. The standard InChI is InChI=1S/C9H12N2O4S/c10-8(9(12)13)5-6-1-3-7(4-2-6)11-16(14)15/h1-4,8,11H,5,10H2,(H,12,13)(H,14,15). The third-order valence-corrected chi connectivity index (χ3v) is 2.34. The lowest BCUT2D eigenvalue weighted by Crippen LogP contribution is -2.32. The van der Waals surface area contributed by atoms with Gasteiger partial charge in [-0.3, -0.25) is 14.1 Å². The van der Waals surface area contributed by atoms with Crippen molar-refractivity contribution in [3.63, 3.8) is 0 Å². The van der Waals surface area contributed by atoms with Crippen LogP contribution in [0.25, 0.3) is 0 Å². The van der Waals surface area contributed by atoms with Crippen molar-refractivity contribution in [2.75, 3.05) is 4.72 Å². The van der Waals surface area contributed by atoms with Crippen LogP contribution in [0.5, 0.6) is 0 Å². The molecule has 0 radical (unpaired) electrons. The molecule has 0 aliphatic heterocycles. The molecule has 0 aliphatic carbocycles. The lowest BCUT2D eigenvalue weighted by Gasteiger charge is -2.07. The quantitative estimate of drug-likeness (QED) is 0.552. The van der Waals surface area contributed by atoms with Crippen molar-refractivity contribution in [2.45, 2.75) is 12.5 Å². The molecule has 1 rings (SSSR count). The van der Waals surface area contributed by atoms with Crippen molar-refractivity contribution in [2.24, 2.45) is 5.73 Å². The summed E-state index contributed by atoms with van der Waals surface area (Å²) in [6.07, 6.45) is 0.220. The largest absolute Gasteiger partial charge is 0.480 e. The summed E-state index contributed by atoms with van der Waals surface area (Å²) in [5.74, 6) is -1.06. The molecule has 0 bridgehead atoms. The summed E-state index contributed by atoms with van der Waals surface area (Å²) in [4.78, 5) is 10.5. The number of nitrogens with one attached hydrogen (secondary N) is 1. The van der Waals surface area contributed by atoms with E-state index in [0.717, 1.165) is 5.56 Å². The van der Waals surface area contributed by atoms with Crippen LogP contribution >= 0.6 is 0 Å². The normalized spacial score (nSPS) is 14.1. The van der Waals surface area contributed by atoms with Crippen LogP contribution < -0.4 is 10.5 Å². The summed E-state index contributed by atoms with van der Waals surface area (Å²) >= 11 is -2.11. The highest BCUT2D eigenvalue weighted by Gasteiger charge is 2.11. The molecule has 88 valence electrons. The molecule has 16 heavy (non-hydrogen) atoms. The molecule has 0 aliphatic rings. The average molecular weight is 244 g/mol. The fourth-order valence-electron chi connectivity index (χ4n) is 1.15. The first-order valence-corrected chi connectivity index (χ1v) is 5.54. The van der Waals surface area contributed by atoms with Crippen LogP contribution in [0.15, 0.2) is 24.3 Å². The molecule has 0 saturated heterocycles. The third-order valence-electron chi connectivity index (χ3n) is 1.93. The second-order valence-corrected chi connectivity index (χ2v) is 3.90. The summed E-state index contributed by atoms with van der Waals surface area (Å²) in [5, 5.41) is 8.61. The van der Waals surface area contributed by atoms with Crippen molar-refractivity contribution < 1.29 is 18.7 Å². The summed E-state index contributed by atoms with van der Waals surface area (Å²) in [6.45, 7) is 0. The molecule has 0 heterocycles. The molecule has 5 N–H and O–H groups in total. The molecule has 1 aromatic rings. The predicted octanol–water partition coefficient (Wildman–Crippen LogP) is 0.190. The third kappa shape index (κ3) is 3.97. The van der Waals surface area contributed by atoms with Gasteiger partial charge in [0.15, 0.2) is 0 Å². The van der Waals surface area contributed by atoms with E-state index in [1.807, 2.05) is 0 Å². The Bertz CT molecular complexity index is 393. The van der Waals surface area contributed by atoms with E-state index in [9.17, 15) is 9.00 Å². The highest BCUT2D eigenvalue weighted by atomic mass is 32.2. The van der Waals surface area contributed by atoms with Gasteiger partial charge in [0.2, 0.25) is 0 Å². The highest BCUT2D eigenvalue weighted by molar-refractivity contribution is 7.80. The lowest BCUT2D eigenvalue weighted by atomic mass is 10.1. The topological polar surface area (TPSA) is 113 Å². The molecule has 0 aromatic heterocycles. The van der Waals surface area contributed by atoms with Crippen molar-refractivity contribution in [3.05, 3.63) is 29.8 Å². The zero-order valence-electron chi connectivity index (χ0n) is 8.29. The Hall–Kier alpha value is -1.44. The summed E-state index contributed by atoms with van der Waals surface area (Å²) < 4.78 is 21.3. The molecule has 2 atom stereocenters. The summed E-state index contributed by atoms with van der Waals surface area (Å²) in [6, 6.07) is 5.53. The van der Waals surface area contributed by atoms with Gasteiger partial charge in [-0.1, -0.05) is 12.1 Å². The van der Waals surface area contributed by atoms with Gasteiger partial charge < -0.3 is 10.8 Å². The van der Waals surface area contributed by atoms with Gasteiger partial charge in [-0.15, -0.1) is 0 Å². The van der Waals surface area contributed by atoms with Gasteiger partial charge in [0, 0.05) is 5.69 Å². The maximum atomic E-state index is 10.5. The van der Waals surface area contributed by atoms with Crippen LogP contribution in [0.1, 0.15) is 5.56 Å². The van der Waals surface area contributed by atoms with Crippen LogP contribution in [0.2, 0.25) is 0 Å². The highest BCUT2D eigenvalue weighted by Crippen LogP contribution is 2.11. The van der Waals surface area contributed by atoms with Crippen LogP contribution in [0, 0.1) is 0 Å². The number of carboxylic acids is 1. The van der Waals surface area contributed by atoms with Gasteiger partial charge in [-0.2, -0.15) is 0 Å². The number of aliphatic carboxylic acids is 1. The van der Waals surface area contributed by atoms with E-state index in [4.69, 9.17) is 15.4 Å². The first-order valence-electron chi connectivity index (χ1n) is 4.44. The Labute approximate surface area is 94.9 Å². The molecule has 0 amide bonds. The summed E-state index contributed by atoms with van der Waals surface area (Å²) in [7, 11) is 0. The molecule has 2 unspecified atom stereocenters. The molecule has 1 aromatic carbocycles. The van der Waals surface area contributed by atoms with Gasteiger partial charge in [0.05, 0.1) is 0 Å². The zero-order chi connectivity index (χ0) is 12.1.